The van der Waals surface area contributed by atoms with Crippen molar-refractivity contribution in [1.82, 2.24) is 21.3 Å². The van der Waals surface area contributed by atoms with Crippen LogP contribution in [0, 0.1) is 11.6 Å². The first-order chi connectivity index (χ1) is 41.8. The number of hydrogen-bond acceptors (Lipinski definition) is 19. The zero-order valence-electron chi connectivity index (χ0n) is 50.4. The van der Waals surface area contributed by atoms with Crippen LogP contribution in [0.15, 0.2) is 42.5 Å². The van der Waals surface area contributed by atoms with Gasteiger partial charge in [0.05, 0.1) is 179 Å². The Balaban J connectivity index is 0.930. The van der Waals surface area contributed by atoms with Gasteiger partial charge in [-0.15, -0.1) is 0 Å². The van der Waals surface area contributed by atoms with E-state index in [4.69, 9.17) is 83.7 Å². The molecule has 1 fully saturated rings. The third-order valence-corrected chi connectivity index (χ3v) is 14.5. The quantitative estimate of drug-likeness (QED) is 0.0467. The Labute approximate surface area is 513 Å². The molecule has 0 aromatic heterocycles. The predicted molar refractivity (Wildman–Crippen MR) is 321 cm³/mol. The highest BCUT2D eigenvalue weighted by atomic mass is 35.5. The number of nitrogens with one attached hydrogen (secondary N) is 4. The molecule has 2 atom stereocenters. The van der Waals surface area contributed by atoms with Crippen LogP contribution in [-0.2, 0) is 90.6 Å². The van der Waals surface area contributed by atoms with Gasteiger partial charge >= 0.3 is 6.03 Å². The SMILES string of the molecule is COc1cc(CCCC[ClH+])ccc1CCOCCNC(=O)c1ccc(CNC(=O)CCOCCOCCOCCOCCOCCOCCOCCOCCOCCOCCOCCOCCNC(=O)CCCC[C@H]2CC(NC(N)=O)CS2)cc1. The molecule has 1 unspecified atom stereocenters. The van der Waals surface area contributed by atoms with E-state index in [1.54, 1.807) is 19.2 Å². The number of alkyl halides is 1. The van der Waals surface area contributed by atoms with Crippen LogP contribution in [0.1, 0.15) is 78.4 Å². The van der Waals surface area contributed by atoms with Crippen molar-refractivity contribution in [3.8, 4) is 5.75 Å². The maximum atomic E-state index is 12.6. The lowest BCUT2D eigenvalue weighted by Crippen LogP contribution is -2.38. The minimum absolute atomic E-state index is 0.0351. The minimum Gasteiger partial charge on any atom is -0.496 e. The summed E-state index contributed by atoms with van der Waals surface area (Å²) in [5.74, 6) is 2.27. The largest absolute Gasteiger partial charge is 0.496 e. The summed E-state index contributed by atoms with van der Waals surface area (Å²) < 4.78 is 77.7. The lowest BCUT2D eigenvalue weighted by molar-refractivity contribution is -0.368. The molecule has 3 rings (SSSR count). The lowest BCUT2D eigenvalue weighted by atomic mass is 10.0. The van der Waals surface area contributed by atoms with Crippen molar-refractivity contribution in [3.63, 3.8) is 0 Å². The summed E-state index contributed by atoms with van der Waals surface area (Å²) in [5.41, 5.74) is 8.96. The number of thioether (sulfide) groups is 1. The number of hydrogen-bond donors (Lipinski definition) is 5. The fourth-order valence-electron chi connectivity index (χ4n) is 8.17. The van der Waals surface area contributed by atoms with Crippen molar-refractivity contribution in [2.75, 3.05) is 204 Å². The Kier molecular flexibility index (Phi) is 48.0. The van der Waals surface area contributed by atoms with Crippen LogP contribution in [-0.4, -0.2) is 239 Å². The van der Waals surface area contributed by atoms with Crippen LogP contribution in [0.2, 0.25) is 0 Å². The van der Waals surface area contributed by atoms with Crippen molar-refractivity contribution >= 4 is 35.5 Å². The highest BCUT2D eigenvalue weighted by Gasteiger charge is 2.25. The Morgan fingerprint density at radius 2 is 0.965 bits per heavy atom. The number of rotatable bonds is 59. The number of methoxy groups -OCH3 is 1. The monoisotopic (exact) mass is 1250 g/mol. The molecule has 2 aromatic carbocycles. The second-order valence-electron chi connectivity index (χ2n) is 19.5. The van der Waals surface area contributed by atoms with E-state index in [0.29, 0.717) is 202 Å². The Morgan fingerprint density at radius 1 is 0.506 bits per heavy atom. The summed E-state index contributed by atoms with van der Waals surface area (Å²) in [6.45, 7) is 12.8. The average Bonchev–Trinajstić information content (AvgIpc) is 4.01. The first kappa shape index (κ1) is 75.3. The molecule has 0 aliphatic carbocycles. The van der Waals surface area contributed by atoms with Crippen molar-refractivity contribution in [1.29, 1.82) is 0 Å². The van der Waals surface area contributed by atoms with E-state index in [2.05, 4.69) is 39.5 Å². The van der Waals surface area contributed by atoms with Gasteiger partial charge in [0.2, 0.25) is 11.8 Å². The number of unbranched alkanes of at least 4 members (excludes halogenated alkanes) is 2. The van der Waals surface area contributed by atoms with Gasteiger partial charge in [-0.25, -0.2) is 4.79 Å². The highest BCUT2D eigenvalue weighted by molar-refractivity contribution is 8.00. The average molecular weight is 1250 g/mol. The summed E-state index contributed by atoms with van der Waals surface area (Å²) in [7, 11) is 1.68. The van der Waals surface area contributed by atoms with E-state index in [-0.39, 0.29) is 36.8 Å². The van der Waals surface area contributed by atoms with Gasteiger partial charge in [-0.1, -0.05) is 30.7 Å². The second-order valence-corrected chi connectivity index (χ2v) is 21.2. The molecule has 23 nitrogen and oxygen atoms in total. The number of aryl methyl sites for hydroxylation is 1. The first-order valence-electron chi connectivity index (χ1n) is 30.1. The van der Waals surface area contributed by atoms with E-state index < -0.39 is 6.03 Å². The molecule has 5 amide bonds. The van der Waals surface area contributed by atoms with Gasteiger partial charge in [0.25, 0.3) is 5.91 Å². The fraction of sp³-hybridized carbons (Fsp3) is 0.733. The maximum absolute atomic E-state index is 12.6. The number of halogens is 1. The van der Waals surface area contributed by atoms with Gasteiger partial charge in [-0.05, 0) is 73.4 Å². The summed E-state index contributed by atoms with van der Waals surface area (Å²) in [6, 6.07) is 13.1. The Bertz CT molecular complexity index is 1970. The van der Waals surface area contributed by atoms with E-state index in [1.807, 2.05) is 23.9 Å². The third-order valence-electron chi connectivity index (χ3n) is 12.7. The predicted octanol–water partition coefficient (Wildman–Crippen LogP) is 3.71. The molecular formula is C60H101ClN5O18S+. The minimum atomic E-state index is -0.466. The van der Waals surface area contributed by atoms with Crippen LogP contribution in [0.4, 0.5) is 4.79 Å². The molecule has 1 aliphatic heterocycles. The van der Waals surface area contributed by atoms with Crippen LogP contribution in [0.3, 0.4) is 0 Å². The number of nitrogens with two attached hydrogens (primary N) is 1. The molecule has 1 saturated heterocycles. The Hall–Kier alpha value is -3.96. The molecule has 0 bridgehead atoms. The molecule has 85 heavy (non-hydrogen) atoms. The van der Waals surface area contributed by atoms with Gasteiger partial charge in [0.1, 0.15) is 17.4 Å². The smallest absolute Gasteiger partial charge is 0.312 e. The molecule has 6 N–H and O–H groups in total. The molecule has 25 heteroatoms. The van der Waals surface area contributed by atoms with Crippen LogP contribution < -0.4 is 31.7 Å². The highest BCUT2D eigenvalue weighted by Crippen LogP contribution is 2.30. The standard InChI is InChI=1S/C60H100ClN5O18S/c1-71-56-46-50(6-4-5-17-61)9-12-52(56)15-20-72-23-19-64-59(69)53-13-10-51(11-14-53)48-65-58(68)16-21-73-24-26-75-28-30-77-32-34-79-36-38-81-40-42-83-44-45-84-43-41-82-39-37-80-35-33-78-31-29-76-27-25-74-22-18-63-57(67)8-3-2-7-55-47-54(49-85-55)66-60(62)70/h9-14,46,54-55,61H,2-8,15-45,47-49H2,1H3,(H5-,62,63,64,65,66,67,68,69,70)/p+1/t54?,55-/m0/s1. The van der Waals surface area contributed by atoms with Gasteiger partial charge < -0.3 is 93.3 Å². The summed E-state index contributed by atoms with van der Waals surface area (Å²) in [6.07, 6.45) is 8.36. The number of carbonyl (C=O) groups is 4. The van der Waals surface area contributed by atoms with Gasteiger partial charge in [-0.2, -0.15) is 11.8 Å². The van der Waals surface area contributed by atoms with E-state index in [1.165, 1.54) is 5.56 Å². The third kappa shape index (κ3) is 43.4. The van der Waals surface area contributed by atoms with Crippen molar-refractivity contribution in [2.45, 2.75) is 82.0 Å². The molecule has 0 spiro atoms. The van der Waals surface area contributed by atoms with Crippen molar-refractivity contribution < 1.29 is 97.1 Å². The fourth-order valence-corrected chi connectivity index (χ4v) is 9.80. The Morgan fingerprint density at radius 3 is 1.46 bits per heavy atom. The van der Waals surface area contributed by atoms with E-state index in [0.717, 1.165) is 79.9 Å². The molecule has 0 saturated carbocycles. The summed E-state index contributed by atoms with van der Waals surface area (Å²) >= 11 is 6.90. The van der Waals surface area contributed by atoms with Crippen LogP contribution in [0.25, 0.3) is 0 Å². The number of urea groups is 1. The first-order valence-corrected chi connectivity index (χ1v) is 31.7. The maximum Gasteiger partial charge on any atom is 0.312 e. The lowest BCUT2D eigenvalue weighted by Gasteiger charge is -2.11. The van der Waals surface area contributed by atoms with Crippen LogP contribution in [0.5, 0.6) is 5.75 Å². The van der Waals surface area contributed by atoms with Gasteiger partial charge in [-0.3, -0.25) is 14.4 Å². The molecule has 1 heterocycles. The zero-order valence-corrected chi connectivity index (χ0v) is 52.1. The number of carbonyl (C=O) groups excluding carboxylic acids is 4. The van der Waals surface area contributed by atoms with Gasteiger partial charge in [0.15, 0.2) is 5.88 Å². The summed E-state index contributed by atoms with van der Waals surface area (Å²) in [4.78, 5) is 48.0. The topological polar surface area (TPSA) is 272 Å². The second kappa shape index (κ2) is 54.2. The number of benzene rings is 2. The molecular weight excluding hydrogens is 1150 g/mol. The van der Waals surface area contributed by atoms with Crippen molar-refractivity contribution in [2.24, 2.45) is 5.73 Å². The molecule has 1 aliphatic rings. The molecule has 2 aromatic rings. The number of amides is 5. The summed E-state index contributed by atoms with van der Waals surface area (Å²) in [5, 5.41) is 11.9. The van der Waals surface area contributed by atoms with E-state index >= 15 is 0 Å². The number of ether oxygens (including phenoxy) is 14. The van der Waals surface area contributed by atoms with Crippen LogP contribution >= 0.6 is 11.8 Å². The number of primary amides is 1. The zero-order chi connectivity index (χ0) is 60.7. The van der Waals surface area contributed by atoms with E-state index in [9.17, 15) is 19.2 Å². The van der Waals surface area contributed by atoms with Gasteiger partial charge in [0, 0.05) is 61.5 Å². The molecule has 486 valence electrons. The molecule has 0 radical (unpaired) electrons. The normalized spacial score (nSPS) is 14.0. The van der Waals surface area contributed by atoms with Crippen molar-refractivity contribution in [3.05, 3.63) is 64.7 Å².